The molecule has 1 fully saturated rings. The van der Waals surface area contributed by atoms with Gasteiger partial charge in [-0.1, -0.05) is 30.3 Å². The molecule has 3 rings (SSSR count). The van der Waals surface area contributed by atoms with Crippen LogP contribution in [0.4, 0.5) is 0 Å². The van der Waals surface area contributed by atoms with E-state index in [0.29, 0.717) is 43.7 Å². The Kier molecular flexibility index (Phi) is 5.27. The monoisotopic (exact) mass is 344 g/mol. The van der Waals surface area contributed by atoms with Crippen molar-refractivity contribution in [2.75, 3.05) is 26.2 Å². The van der Waals surface area contributed by atoms with E-state index < -0.39 is 6.10 Å². The molecule has 126 valence electrons. The Labute approximate surface area is 145 Å². The van der Waals surface area contributed by atoms with Gasteiger partial charge in [-0.05, 0) is 23.4 Å². The topological polar surface area (TPSA) is 60.9 Å². The second-order valence-electron chi connectivity index (χ2n) is 5.80. The molecule has 2 aromatic rings. The lowest BCUT2D eigenvalue weighted by Gasteiger charge is -2.24. The minimum absolute atomic E-state index is 0.00848. The number of carbonyl (C=O) groups excluding carboxylic acids is 2. The average molecular weight is 344 g/mol. The molecular weight excluding hydrogens is 324 g/mol. The maximum Gasteiger partial charge on any atom is 0.256 e. The Morgan fingerprint density at radius 3 is 2.42 bits per heavy atom. The summed E-state index contributed by atoms with van der Waals surface area (Å²) in [4.78, 5) is 28.4. The molecule has 0 aliphatic carbocycles. The van der Waals surface area contributed by atoms with Crippen molar-refractivity contribution >= 4 is 23.2 Å². The summed E-state index contributed by atoms with van der Waals surface area (Å²) < 4.78 is 0. The van der Waals surface area contributed by atoms with Crippen LogP contribution in [0.1, 0.15) is 28.4 Å². The maximum atomic E-state index is 12.5. The van der Waals surface area contributed by atoms with Gasteiger partial charge in [0.05, 0.1) is 5.56 Å². The predicted octanol–water partition coefficient (Wildman–Crippen LogP) is 2.16. The quantitative estimate of drug-likeness (QED) is 0.928. The Bertz CT molecular complexity index is 688. The number of hydrogen-bond acceptors (Lipinski definition) is 4. The molecule has 1 aromatic heterocycles. The van der Waals surface area contributed by atoms with E-state index in [1.54, 1.807) is 34.1 Å². The molecule has 2 amide bonds. The fourth-order valence-electron chi connectivity index (χ4n) is 2.86. The van der Waals surface area contributed by atoms with Crippen LogP contribution in [0, 0.1) is 0 Å². The van der Waals surface area contributed by atoms with Gasteiger partial charge in [0, 0.05) is 31.6 Å². The minimum atomic E-state index is -1.15. The molecule has 5 nitrogen and oxygen atoms in total. The Hall–Kier alpha value is -2.18. The lowest BCUT2D eigenvalue weighted by molar-refractivity contribution is -0.140. The fourth-order valence-corrected chi connectivity index (χ4v) is 3.49. The number of carbonyl (C=O) groups is 2. The van der Waals surface area contributed by atoms with Gasteiger partial charge in [-0.2, -0.15) is 11.3 Å². The SMILES string of the molecule is O=C(c1ccsc1)N1CCCN(C(=O)C(O)c2ccccc2)CC1. The van der Waals surface area contributed by atoms with Crippen LogP contribution in [0.5, 0.6) is 0 Å². The van der Waals surface area contributed by atoms with Gasteiger partial charge < -0.3 is 14.9 Å². The predicted molar refractivity (Wildman–Crippen MR) is 92.8 cm³/mol. The van der Waals surface area contributed by atoms with Crippen LogP contribution in [0.2, 0.25) is 0 Å². The van der Waals surface area contributed by atoms with Crippen LogP contribution < -0.4 is 0 Å². The van der Waals surface area contributed by atoms with E-state index in [0.717, 1.165) is 0 Å². The molecule has 1 aromatic carbocycles. The zero-order valence-corrected chi connectivity index (χ0v) is 14.1. The lowest BCUT2D eigenvalue weighted by atomic mass is 10.1. The number of aliphatic hydroxyl groups excluding tert-OH is 1. The van der Waals surface area contributed by atoms with Crippen LogP contribution in [-0.2, 0) is 4.79 Å². The molecule has 1 unspecified atom stereocenters. The summed E-state index contributed by atoms with van der Waals surface area (Å²) in [5.74, 6) is -0.291. The molecule has 1 atom stereocenters. The third-order valence-electron chi connectivity index (χ3n) is 4.21. The van der Waals surface area contributed by atoms with E-state index in [9.17, 15) is 14.7 Å². The zero-order valence-electron chi connectivity index (χ0n) is 13.3. The van der Waals surface area contributed by atoms with Crippen molar-refractivity contribution in [2.45, 2.75) is 12.5 Å². The summed E-state index contributed by atoms with van der Waals surface area (Å²) in [6.07, 6.45) is -0.436. The van der Waals surface area contributed by atoms with E-state index in [1.807, 2.05) is 22.9 Å². The molecule has 1 saturated heterocycles. The summed E-state index contributed by atoms with van der Waals surface area (Å²) in [6, 6.07) is 10.8. The standard InChI is InChI=1S/C18H20N2O3S/c21-16(14-5-2-1-3-6-14)18(23)20-9-4-8-19(10-11-20)17(22)15-7-12-24-13-15/h1-3,5-7,12-13,16,21H,4,8-11H2. The van der Waals surface area contributed by atoms with Gasteiger partial charge in [-0.15, -0.1) is 0 Å². The number of nitrogens with zero attached hydrogens (tertiary/aromatic N) is 2. The van der Waals surface area contributed by atoms with Crippen molar-refractivity contribution < 1.29 is 14.7 Å². The number of rotatable bonds is 3. The van der Waals surface area contributed by atoms with E-state index in [4.69, 9.17) is 0 Å². The van der Waals surface area contributed by atoms with Crippen molar-refractivity contribution in [1.29, 1.82) is 0 Å². The van der Waals surface area contributed by atoms with E-state index in [-0.39, 0.29) is 11.8 Å². The van der Waals surface area contributed by atoms with Crippen molar-refractivity contribution in [1.82, 2.24) is 9.80 Å². The van der Waals surface area contributed by atoms with Gasteiger partial charge in [-0.3, -0.25) is 9.59 Å². The normalized spacial score (nSPS) is 16.5. The smallest absolute Gasteiger partial charge is 0.256 e. The first-order valence-electron chi connectivity index (χ1n) is 8.00. The van der Waals surface area contributed by atoms with Crippen molar-refractivity contribution in [3.05, 3.63) is 58.3 Å². The summed E-state index contributed by atoms with van der Waals surface area (Å²) in [6.45, 7) is 2.11. The van der Waals surface area contributed by atoms with Gasteiger partial charge in [0.1, 0.15) is 0 Å². The molecule has 0 spiro atoms. The second-order valence-corrected chi connectivity index (χ2v) is 6.58. The summed E-state index contributed by atoms with van der Waals surface area (Å²) in [5, 5.41) is 14.0. The highest BCUT2D eigenvalue weighted by Gasteiger charge is 2.27. The third kappa shape index (κ3) is 3.66. The average Bonchev–Trinajstić information content (AvgIpc) is 3.05. The maximum absolute atomic E-state index is 12.5. The molecular formula is C18H20N2O3S. The van der Waals surface area contributed by atoms with Crippen molar-refractivity contribution in [2.24, 2.45) is 0 Å². The van der Waals surface area contributed by atoms with Gasteiger partial charge in [-0.25, -0.2) is 0 Å². The summed E-state index contributed by atoms with van der Waals surface area (Å²) in [7, 11) is 0. The fraction of sp³-hybridized carbons (Fsp3) is 0.333. The van der Waals surface area contributed by atoms with E-state index in [1.165, 1.54) is 11.3 Å². The third-order valence-corrected chi connectivity index (χ3v) is 4.90. The molecule has 0 saturated carbocycles. The summed E-state index contributed by atoms with van der Waals surface area (Å²) >= 11 is 1.50. The van der Waals surface area contributed by atoms with Gasteiger partial charge in [0.25, 0.3) is 11.8 Å². The second kappa shape index (κ2) is 7.59. The number of amides is 2. The first-order chi connectivity index (χ1) is 11.7. The van der Waals surface area contributed by atoms with Gasteiger partial charge in [0.15, 0.2) is 6.10 Å². The molecule has 1 aliphatic rings. The van der Waals surface area contributed by atoms with Crippen LogP contribution in [0.25, 0.3) is 0 Å². The molecule has 1 N–H and O–H groups in total. The largest absolute Gasteiger partial charge is 0.378 e. The minimum Gasteiger partial charge on any atom is -0.378 e. The number of benzene rings is 1. The Balaban J connectivity index is 1.63. The van der Waals surface area contributed by atoms with Crippen LogP contribution in [0.3, 0.4) is 0 Å². The van der Waals surface area contributed by atoms with Crippen molar-refractivity contribution in [3.8, 4) is 0 Å². The lowest BCUT2D eigenvalue weighted by Crippen LogP contribution is -2.39. The highest BCUT2D eigenvalue weighted by atomic mass is 32.1. The number of thiophene rings is 1. The molecule has 24 heavy (non-hydrogen) atoms. The Morgan fingerprint density at radius 1 is 1.00 bits per heavy atom. The van der Waals surface area contributed by atoms with Crippen LogP contribution in [0.15, 0.2) is 47.2 Å². The highest BCUT2D eigenvalue weighted by molar-refractivity contribution is 7.08. The number of hydrogen-bond donors (Lipinski definition) is 1. The molecule has 0 radical (unpaired) electrons. The molecule has 1 aliphatic heterocycles. The van der Waals surface area contributed by atoms with E-state index in [2.05, 4.69) is 0 Å². The zero-order chi connectivity index (χ0) is 16.9. The molecule has 0 bridgehead atoms. The highest BCUT2D eigenvalue weighted by Crippen LogP contribution is 2.18. The van der Waals surface area contributed by atoms with Crippen molar-refractivity contribution in [3.63, 3.8) is 0 Å². The molecule has 2 heterocycles. The van der Waals surface area contributed by atoms with E-state index >= 15 is 0 Å². The first kappa shape index (κ1) is 16.7. The van der Waals surface area contributed by atoms with Gasteiger partial charge >= 0.3 is 0 Å². The molecule has 6 heteroatoms. The Morgan fingerprint density at radius 2 is 1.71 bits per heavy atom. The van der Waals surface area contributed by atoms with Crippen LogP contribution in [-0.4, -0.2) is 52.9 Å². The number of aliphatic hydroxyl groups is 1. The van der Waals surface area contributed by atoms with Gasteiger partial charge in [0.2, 0.25) is 0 Å². The summed E-state index contributed by atoms with van der Waals surface area (Å²) in [5.41, 5.74) is 1.29. The first-order valence-corrected chi connectivity index (χ1v) is 8.94. The van der Waals surface area contributed by atoms with Crippen LogP contribution >= 0.6 is 11.3 Å².